The van der Waals surface area contributed by atoms with Crippen molar-refractivity contribution < 1.29 is 13.9 Å². The number of hydrogen-bond acceptors (Lipinski definition) is 3. The summed E-state index contributed by atoms with van der Waals surface area (Å²) in [4.78, 5) is 12.2. The van der Waals surface area contributed by atoms with Crippen LogP contribution in [0.15, 0.2) is 59.2 Å². The molecule has 2 N–H and O–H groups in total. The van der Waals surface area contributed by atoms with Gasteiger partial charge in [0.1, 0.15) is 11.6 Å². The predicted molar refractivity (Wildman–Crippen MR) is 101 cm³/mol. The number of methoxy groups -OCH3 is 1. The summed E-state index contributed by atoms with van der Waals surface area (Å²) >= 11 is 3.35. The summed E-state index contributed by atoms with van der Waals surface area (Å²) in [5.41, 5.74) is 1.10. The van der Waals surface area contributed by atoms with Gasteiger partial charge in [0.15, 0.2) is 5.82 Å². The molecule has 2 amide bonds. The van der Waals surface area contributed by atoms with Crippen molar-refractivity contribution >= 4 is 33.5 Å². The first-order chi connectivity index (χ1) is 12.5. The molecule has 0 aliphatic rings. The van der Waals surface area contributed by atoms with Gasteiger partial charge in [0.25, 0.3) is 0 Å². The average Bonchev–Trinajstić information content (AvgIpc) is 2.96. The normalized spacial score (nSPS) is 10.4. The Balaban J connectivity index is 1.67. The third-order valence-electron chi connectivity index (χ3n) is 3.57. The summed E-state index contributed by atoms with van der Waals surface area (Å²) in [6.45, 7) is 0.254. The molecule has 8 heteroatoms. The summed E-state index contributed by atoms with van der Waals surface area (Å²) in [7, 11) is 1.55. The molecule has 0 aliphatic heterocycles. The third-order valence-corrected chi connectivity index (χ3v) is 4.15. The van der Waals surface area contributed by atoms with E-state index < -0.39 is 6.03 Å². The molecule has 0 atom stereocenters. The molecule has 3 rings (SSSR count). The first kappa shape index (κ1) is 17.9. The number of amides is 2. The summed E-state index contributed by atoms with van der Waals surface area (Å²) < 4.78 is 21.0. The number of anilines is 2. The van der Waals surface area contributed by atoms with E-state index in [2.05, 4.69) is 31.7 Å². The van der Waals surface area contributed by atoms with E-state index in [1.807, 2.05) is 0 Å². The van der Waals surface area contributed by atoms with E-state index in [4.69, 9.17) is 4.74 Å². The van der Waals surface area contributed by atoms with Crippen LogP contribution in [-0.2, 0) is 6.54 Å². The number of rotatable bonds is 5. The third kappa shape index (κ3) is 4.40. The molecule has 2 aromatic carbocycles. The highest BCUT2D eigenvalue weighted by Gasteiger charge is 2.12. The molecule has 1 heterocycles. The zero-order valence-electron chi connectivity index (χ0n) is 13.9. The van der Waals surface area contributed by atoms with Crippen LogP contribution in [-0.4, -0.2) is 22.9 Å². The van der Waals surface area contributed by atoms with Crippen LogP contribution in [0.3, 0.4) is 0 Å². The molecular formula is C18H16BrFN4O2. The molecule has 0 saturated carbocycles. The quantitative estimate of drug-likeness (QED) is 0.641. The van der Waals surface area contributed by atoms with Crippen LogP contribution >= 0.6 is 15.9 Å². The van der Waals surface area contributed by atoms with E-state index in [-0.39, 0.29) is 12.4 Å². The fraction of sp³-hybridized carbons (Fsp3) is 0.111. The van der Waals surface area contributed by atoms with Gasteiger partial charge in [0.05, 0.1) is 18.1 Å². The van der Waals surface area contributed by atoms with Crippen LogP contribution in [0, 0.1) is 5.82 Å². The predicted octanol–water partition coefficient (Wildman–Crippen LogP) is 4.49. The number of carbonyl (C=O) groups excluding carboxylic acids is 1. The van der Waals surface area contributed by atoms with Crippen LogP contribution in [0.5, 0.6) is 5.75 Å². The van der Waals surface area contributed by atoms with E-state index in [9.17, 15) is 9.18 Å². The molecule has 0 radical (unpaired) electrons. The zero-order chi connectivity index (χ0) is 18.5. The van der Waals surface area contributed by atoms with E-state index >= 15 is 0 Å². The lowest BCUT2D eigenvalue weighted by atomic mass is 10.2. The minimum Gasteiger partial charge on any atom is -0.497 e. The van der Waals surface area contributed by atoms with Crippen molar-refractivity contribution in [1.29, 1.82) is 0 Å². The first-order valence-corrected chi connectivity index (χ1v) is 8.53. The van der Waals surface area contributed by atoms with Crippen molar-refractivity contribution in [2.75, 3.05) is 17.7 Å². The second-order valence-corrected chi connectivity index (χ2v) is 6.28. The highest BCUT2D eigenvalue weighted by Crippen LogP contribution is 2.22. The zero-order valence-corrected chi connectivity index (χ0v) is 15.5. The fourth-order valence-corrected chi connectivity index (χ4v) is 2.75. The lowest BCUT2D eigenvalue weighted by molar-refractivity contribution is 0.262. The summed E-state index contributed by atoms with van der Waals surface area (Å²) in [5, 5.41) is 9.62. The number of nitrogens with zero attached hydrogens (tertiary/aromatic N) is 2. The van der Waals surface area contributed by atoms with Gasteiger partial charge in [0, 0.05) is 23.5 Å². The van der Waals surface area contributed by atoms with Gasteiger partial charge in [-0.3, -0.25) is 10.00 Å². The minimum absolute atomic E-state index is 0.254. The molecule has 0 aliphatic carbocycles. The largest absolute Gasteiger partial charge is 0.497 e. The van der Waals surface area contributed by atoms with Gasteiger partial charge in [-0.15, -0.1) is 0 Å². The average molecular weight is 419 g/mol. The Labute approximate surface area is 158 Å². The van der Waals surface area contributed by atoms with Crippen LogP contribution in [0.1, 0.15) is 5.56 Å². The molecular weight excluding hydrogens is 403 g/mol. The van der Waals surface area contributed by atoms with Gasteiger partial charge in [-0.1, -0.05) is 24.3 Å². The maximum absolute atomic E-state index is 13.8. The topological polar surface area (TPSA) is 68.2 Å². The summed E-state index contributed by atoms with van der Waals surface area (Å²) in [6, 6.07) is 13.0. The second-order valence-electron chi connectivity index (χ2n) is 5.43. The maximum Gasteiger partial charge on any atom is 0.324 e. The Morgan fingerprint density at radius 1 is 1.23 bits per heavy atom. The summed E-state index contributed by atoms with van der Waals surface area (Å²) in [5.74, 6) is 0.671. The van der Waals surface area contributed by atoms with Crippen LogP contribution < -0.4 is 15.4 Å². The van der Waals surface area contributed by atoms with Crippen molar-refractivity contribution in [3.05, 3.63) is 70.6 Å². The molecule has 0 saturated heterocycles. The van der Waals surface area contributed by atoms with Crippen LogP contribution in [0.4, 0.5) is 20.7 Å². The van der Waals surface area contributed by atoms with Crippen molar-refractivity contribution in [2.45, 2.75) is 6.54 Å². The van der Waals surface area contributed by atoms with Crippen LogP contribution in [0.25, 0.3) is 0 Å². The smallest absolute Gasteiger partial charge is 0.324 e. The molecule has 134 valence electrons. The highest BCUT2D eigenvalue weighted by molar-refractivity contribution is 9.10. The number of aromatic nitrogens is 2. The molecule has 6 nitrogen and oxygen atoms in total. The molecule has 1 aromatic heterocycles. The van der Waals surface area contributed by atoms with Gasteiger partial charge in [-0.2, -0.15) is 5.10 Å². The first-order valence-electron chi connectivity index (χ1n) is 7.73. The maximum atomic E-state index is 13.8. The molecule has 0 fully saturated rings. The Bertz CT molecular complexity index is 929. The number of halogens is 2. The van der Waals surface area contributed by atoms with Gasteiger partial charge in [0.2, 0.25) is 0 Å². The van der Waals surface area contributed by atoms with Gasteiger partial charge < -0.3 is 10.1 Å². The minimum atomic E-state index is -0.449. The highest BCUT2D eigenvalue weighted by atomic mass is 79.9. The number of urea groups is 1. The number of nitrogens with one attached hydrogen (secondary N) is 2. The lowest BCUT2D eigenvalue weighted by Gasteiger charge is -2.07. The molecule has 3 aromatic rings. The Morgan fingerprint density at radius 2 is 2.04 bits per heavy atom. The number of ether oxygens (including phenoxy) is 1. The van der Waals surface area contributed by atoms with Crippen molar-refractivity contribution in [1.82, 2.24) is 9.78 Å². The number of benzene rings is 2. The van der Waals surface area contributed by atoms with E-state index in [0.717, 1.165) is 0 Å². The van der Waals surface area contributed by atoms with Crippen molar-refractivity contribution in [3.63, 3.8) is 0 Å². The van der Waals surface area contributed by atoms with Crippen LogP contribution in [0.2, 0.25) is 0 Å². The second kappa shape index (κ2) is 8.01. The molecule has 0 spiro atoms. The van der Waals surface area contributed by atoms with E-state index in [1.54, 1.807) is 60.5 Å². The molecule has 0 bridgehead atoms. The van der Waals surface area contributed by atoms with Gasteiger partial charge in [-0.05, 0) is 34.1 Å². The van der Waals surface area contributed by atoms with E-state index in [0.29, 0.717) is 27.3 Å². The van der Waals surface area contributed by atoms with Crippen molar-refractivity contribution in [3.8, 4) is 5.75 Å². The van der Waals surface area contributed by atoms with Gasteiger partial charge >= 0.3 is 6.03 Å². The Morgan fingerprint density at radius 3 is 2.81 bits per heavy atom. The number of carbonyl (C=O) groups is 1. The van der Waals surface area contributed by atoms with E-state index in [1.165, 1.54) is 6.07 Å². The monoisotopic (exact) mass is 418 g/mol. The Kier molecular flexibility index (Phi) is 5.52. The fourth-order valence-electron chi connectivity index (χ4n) is 2.33. The molecule has 26 heavy (non-hydrogen) atoms. The van der Waals surface area contributed by atoms with Crippen molar-refractivity contribution in [2.24, 2.45) is 0 Å². The lowest BCUT2D eigenvalue weighted by Crippen LogP contribution is -2.20. The standard InChI is InChI=1S/C18H16BrFN4O2/c1-26-14-7-4-6-13(9-14)21-18(25)22-17-15(19)11-24(23-17)10-12-5-2-3-8-16(12)20/h2-9,11H,10H2,1H3,(H2,21,22,23,25). The molecule has 0 unspecified atom stereocenters. The number of hydrogen-bond donors (Lipinski definition) is 2. The SMILES string of the molecule is COc1cccc(NC(=O)Nc2nn(Cc3ccccc3F)cc2Br)c1. The Hall–Kier alpha value is -2.87. The summed E-state index contributed by atoms with van der Waals surface area (Å²) in [6.07, 6.45) is 1.67. The van der Waals surface area contributed by atoms with Gasteiger partial charge in [-0.25, -0.2) is 9.18 Å².